The summed E-state index contributed by atoms with van der Waals surface area (Å²) in [5.74, 6) is -0.439. The van der Waals surface area contributed by atoms with Gasteiger partial charge in [-0.3, -0.25) is 24.0 Å². The zero-order chi connectivity index (χ0) is 23.2. The van der Waals surface area contributed by atoms with Crippen LogP contribution in [0.2, 0.25) is 0 Å². The molecular formula is C24H32FN5O3. The largest absolute Gasteiger partial charge is 0.329 e. The smallest absolute Gasteiger partial charge is 0.316 e. The molecule has 2 aromatic rings. The Hall–Kier alpha value is -2.52. The molecule has 0 spiro atoms. The molecule has 33 heavy (non-hydrogen) atoms. The van der Waals surface area contributed by atoms with E-state index in [1.54, 1.807) is 16.2 Å². The Bertz CT molecular complexity index is 1130. The molecule has 3 aliphatic rings. The third-order valence-electron chi connectivity index (χ3n) is 7.69. The minimum atomic E-state index is -1.10. The highest BCUT2D eigenvalue weighted by Gasteiger charge is 2.36. The van der Waals surface area contributed by atoms with E-state index in [1.165, 1.54) is 0 Å². The number of aryl methyl sites for hydroxylation is 1. The SMILES string of the molecule is Cn1c(=O)n(C2CCC(=O)NC2=O)c2cccc(C3CCN(CC4(F)CCNCC4)CC3)c21. The first-order valence-electron chi connectivity index (χ1n) is 12.0. The van der Waals surface area contributed by atoms with E-state index < -0.39 is 17.6 Å². The van der Waals surface area contributed by atoms with E-state index in [0.717, 1.165) is 55.6 Å². The van der Waals surface area contributed by atoms with Crippen molar-refractivity contribution in [2.75, 3.05) is 32.7 Å². The van der Waals surface area contributed by atoms with E-state index in [0.29, 0.717) is 25.8 Å². The highest BCUT2D eigenvalue weighted by molar-refractivity contribution is 6.00. The zero-order valence-corrected chi connectivity index (χ0v) is 19.1. The zero-order valence-electron chi connectivity index (χ0n) is 19.1. The van der Waals surface area contributed by atoms with Crippen molar-refractivity contribution in [2.24, 2.45) is 7.05 Å². The average Bonchev–Trinajstić information content (AvgIpc) is 3.05. The molecule has 0 aliphatic carbocycles. The molecule has 3 fully saturated rings. The summed E-state index contributed by atoms with van der Waals surface area (Å²) in [4.78, 5) is 39.5. The number of para-hydroxylation sites is 1. The summed E-state index contributed by atoms with van der Waals surface area (Å²) in [7, 11) is 1.75. The minimum Gasteiger partial charge on any atom is -0.316 e. The van der Waals surface area contributed by atoms with Crippen LogP contribution in [0.4, 0.5) is 4.39 Å². The monoisotopic (exact) mass is 457 g/mol. The highest BCUT2D eigenvalue weighted by Crippen LogP contribution is 2.35. The van der Waals surface area contributed by atoms with Crippen LogP contribution in [-0.2, 0) is 16.6 Å². The van der Waals surface area contributed by atoms with Crippen molar-refractivity contribution in [3.63, 3.8) is 0 Å². The standard InChI is InChI=1S/C24H32FN5O3/c1-28-21-17(16-7-13-29(14-8-16)15-24(25)9-11-26-12-10-24)3-2-4-18(21)30(23(28)33)19-5-6-20(31)27-22(19)32/h2-4,16,19,26H,5-15H2,1H3,(H,27,31,32). The molecule has 178 valence electrons. The quantitative estimate of drug-likeness (QED) is 0.681. The van der Waals surface area contributed by atoms with Crippen molar-refractivity contribution in [1.29, 1.82) is 0 Å². The van der Waals surface area contributed by atoms with Gasteiger partial charge in [-0.2, -0.15) is 0 Å². The number of likely N-dealkylation sites (tertiary alicyclic amines) is 1. The third-order valence-corrected chi connectivity index (χ3v) is 7.69. The number of amides is 2. The lowest BCUT2D eigenvalue weighted by atomic mass is 9.87. The number of imide groups is 1. The maximum Gasteiger partial charge on any atom is 0.329 e. The number of nitrogens with zero attached hydrogens (tertiary/aromatic N) is 3. The van der Waals surface area contributed by atoms with Crippen molar-refractivity contribution in [3.8, 4) is 0 Å². The van der Waals surface area contributed by atoms with Crippen LogP contribution < -0.4 is 16.3 Å². The van der Waals surface area contributed by atoms with Gasteiger partial charge in [0.1, 0.15) is 11.7 Å². The van der Waals surface area contributed by atoms with Crippen LogP contribution in [0.25, 0.3) is 11.0 Å². The predicted octanol–water partition coefficient (Wildman–Crippen LogP) is 1.59. The number of carbonyl (C=O) groups excluding carboxylic acids is 2. The summed E-state index contributed by atoms with van der Waals surface area (Å²) in [5, 5.41) is 5.59. The predicted molar refractivity (Wildman–Crippen MR) is 123 cm³/mol. The minimum absolute atomic E-state index is 0.226. The van der Waals surface area contributed by atoms with Crippen molar-refractivity contribution in [1.82, 2.24) is 24.7 Å². The molecule has 1 aromatic heterocycles. The van der Waals surface area contributed by atoms with Crippen LogP contribution in [0.3, 0.4) is 0 Å². The Morgan fingerprint density at radius 2 is 1.82 bits per heavy atom. The van der Waals surface area contributed by atoms with Gasteiger partial charge in [-0.1, -0.05) is 12.1 Å². The summed E-state index contributed by atoms with van der Waals surface area (Å²) in [6.07, 6.45) is 3.51. The molecule has 9 heteroatoms. The number of piperidine rings is 3. The van der Waals surface area contributed by atoms with E-state index in [9.17, 15) is 14.4 Å². The molecule has 2 amide bonds. The van der Waals surface area contributed by atoms with Gasteiger partial charge in [0, 0.05) is 20.0 Å². The number of imidazole rings is 1. The fraction of sp³-hybridized carbons (Fsp3) is 0.625. The number of rotatable bonds is 4. The van der Waals surface area contributed by atoms with E-state index in [4.69, 9.17) is 0 Å². The van der Waals surface area contributed by atoms with Gasteiger partial charge in [-0.15, -0.1) is 0 Å². The lowest BCUT2D eigenvalue weighted by Gasteiger charge is -2.38. The average molecular weight is 458 g/mol. The molecule has 1 atom stereocenters. The maximum atomic E-state index is 15.1. The van der Waals surface area contributed by atoms with E-state index in [2.05, 4.69) is 21.6 Å². The molecule has 8 nitrogen and oxygen atoms in total. The topological polar surface area (TPSA) is 88.4 Å². The second kappa shape index (κ2) is 8.68. The van der Waals surface area contributed by atoms with Gasteiger partial charge < -0.3 is 10.2 Å². The molecule has 0 bridgehead atoms. The van der Waals surface area contributed by atoms with Crippen molar-refractivity contribution in [2.45, 2.75) is 56.2 Å². The second-order valence-corrected chi connectivity index (χ2v) is 9.84. The van der Waals surface area contributed by atoms with Gasteiger partial charge in [0.2, 0.25) is 11.8 Å². The number of hydrogen-bond acceptors (Lipinski definition) is 5. The van der Waals surface area contributed by atoms with Crippen LogP contribution in [0.15, 0.2) is 23.0 Å². The van der Waals surface area contributed by atoms with Gasteiger partial charge in [0.05, 0.1) is 11.0 Å². The molecule has 3 aliphatic heterocycles. The van der Waals surface area contributed by atoms with Gasteiger partial charge in [-0.05, 0) is 75.8 Å². The van der Waals surface area contributed by atoms with E-state index in [1.807, 2.05) is 12.1 Å². The molecule has 0 saturated carbocycles. The van der Waals surface area contributed by atoms with Gasteiger partial charge in [0.15, 0.2) is 0 Å². The first-order chi connectivity index (χ1) is 15.9. The molecule has 0 radical (unpaired) electrons. The Kier molecular flexibility index (Phi) is 5.86. The number of carbonyl (C=O) groups is 2. The lowest BCUT2D eigenvalue weighted by Crippen LogP contribution is -2.48. The summed E-state index contributed by atoms with van der Waals surface area (Å²) >= 11 is 0. The van der Waals surface area contributed by atoms with E-state index >= 15 is 4.39 Å². The molecule has 5 rings (SSSR count). The van der Waals surface area contributed by atoms with Crippen LogP contribution in [0, 0.1) is 0 Å². The van der Waals surface area contributed by atoms with Crippen LogP contribution >= 0.6 is 0 Å². The number of benzene rings is 1. The van der Waals surface area contributed by atoms with Crippen molar-refractivity contribution in [3.05, 3.63) is 34.2 Å². The first-order valence-corrected chi connectivity index (χ1v) is 12.0. The van der Waals surface area contributed by atoms with Gasteiger partial charge in [-0.25, -0.2) is 9.18 Å². The second-order valence-electron chi connectivity index (χ2n) is 9.84. The lowest BCUT2D eigenvalue weighted by molar-refractivity contribution is -0.135. The van der Waals surface area contributed by atoms with Gasteiger partial charge >= 0.3 is 5.69 Å². The summed E-state index contributed by atoms with van der Waals surface area (Å²) in [6.45, 7) is 3.65. The normalized spacial score (nSPS) is 24.8. The number of nitrogens with one attached hydrogen (secondary N) is 2. The Morgan fingerprint density at radius 3 is 2.52 bits per heavy atom. The summed E-state index contributed by atoms with van der Waals surface area (Å²) in [6, 6.07) is 5.21. The number of aromatic nitrogens is 2. The fourth-order valence-corrected chi connectivity index (χ4v) is 5.86. The Labute approximate surface area is 192 Å². The molecule has 4 heterocycles. The number of fused-ring (bicyclic) bond motifs is 1. The van der Waals surface area contributed by atoms with Crippen molar-refractivity contribution >= 4 is 22.8 Å². The summed E-state index contributed by atoms with van der Waals surface area (Å²) in [5.41, 5.74) is 1.35. The summed E-state index contributed by atoms with van der Waals surface area (Å²) < 4.78 is 18.3. The number of halogens is 1. The van der Waals surface area contributed by atoms with Crippen LogP contribution in [0.5, 0.6) is 0 Å². The molecule has 1 aromatic carbocycles. The first kappa shape index (κ1) is 22.3. The van der Waals surface area contributed by atoms with Crippen LogP contribution in [-0.4, -0.2) is 64.2 Å². The van der Waals surface area contributed by atoms with Gasteiger partial charge in [0.25, 0.3) is 0 Å². The van der Waals surface area contributed by atoms with Crippen LogP contribution in [0.1, 0.15) is 56.0 Å². The molecule has 1 unspecified atom stereocenters. The highest BCUT2D eigenvalue weighted by atomic mass is 19.1. The Balaban J connectivity index is 1.38. The van der Waals surface area contributed by atoms with Crippen molar-refractivity contribution < 1.29 is 14.0 Å². The third kappa shape index (κ3) is 4.12. The molecule has 2 N–H and O–H groups in total. The molecular weight excluding hydrogens is 425 g/mol. The molecule has 3 saturated heterocycles. The number of hydrogen-bond donors (Lipinski definition) is 2. The maximum absolute atomic E-state index is 15.1. The van der Waals surface area contributed by atoms with E-state index in [-0.39, 0.29) is 23.9 Å². The number of alkyl halides is 1. The Morgan fingerprint density at radius 1 is 1.09 bits per heavy atom. The fourth-order valence-electron chi connectivity index (χ4n) is 5.86.